The minimum Gasteiger partial charge on any atom is -0.387 e. The molecule has 0 saturated carbocycles. The summed E-state index contributed by atoms with van der Waals surface area (Å²) in [6.07, 6.45) is 72.3. The number of carbonyl (C=O) groups is 1. The number of hydrogen-bond acceptors (Lipinski definition) is 5. The molecule has 0 rings (SSSR count). The number of amides is 1. The van der Waals surface area contributed by atoms with Crippen molar-refractivity contribution >= 4 is 13.7 Å². The van der Waals surface area contributed by atoms with E-state index in [1.54, 1.807) is 6.08 Å². The van der Waals surface area contributed by atoms with Crippen LogP contribution in [-0.2, 0) is 18.4 Å². The maximum atomic E-state index is 13.0. The van der Waals surface area contributed by atoms with Gasteiger partial charge in [0.1, 0.15) is 13.2 Å². The maximum Gasteiger partial charge on any atom is 0.472 e. The Balaban J connectivity index is 4.22. The predicted octanol–water partition coefficient (Wildman–Crippen LogP) is 19.1. The van der Waals surface area contributed by atoms with Crippen LogP contribution in [0.15, 0.2) is 48.6 Å². The third-order valence-corrected chi connectivity index (χ3v) is 15.0. The molecule has 0 aromatic rings. The standard InChI is InChI=1S/C63H121N2O6P/c1-6-8-10-12-14-16-18-20-22-24-26-28-30-32-34-36-38-40-42-44-46-48-50-52-54-56-62(66)61(60-71-72(68,69)70-59-58-65(3,4)5)64-63(67)57-55-53-51-49-47-45-43-41-39-37-35-33-31-29-27-25-23-21-19-17-15-13-11-9-7-2/h27,29,33,35,46,48,54,56,61-62,66H,6-26,28,30-32,34,36-45,47,49-53,55,57-60H2,1-5H3,(H-,64,67,68,69)/p+1/b29-27-,35-33-,48-46+,56-54+. The van der Waals surface area contributed by atoms with Crippen LogP contribution in [0.5, 0.6) is 0 Å². The van der Waals surface area contributed by atoms with E-state index in [4.69, 9.17) is 9.05 Å². The van der Waals surface area contributed by atoms with E-state index in [1.165, 1.54) is 231 Å². The van der Waals surface area contributed by atoms with Gasteiger partial charge in [-0.3, -0.25) is 13.8 Å². The van der Waals surface area contributed by atoms with Crippen molar-refractivity contribution in [1.29, 1.82) is 0 Å². The Kier molecular flexibility index (Phi) is 53.1. The number of phosphoric ester groups is 1. The Morgan fingerprint density at radius 1 is 0.472 bits per heavy atom. The van der Waals surface area contributed by atoms with Crippen LogP contribution in [0.3, 0.4) is 0 Å². The first-order valence-electron chi connectivity index (χ1n) is 31.0. The fourth-order valence-electron chi connectivity index (χ4n) is 9.15. The molecule has 3 atom stereocenters. The molecular formula is C63H122N2O6P+. The zero-order valence-corrected chi connectivity index (χ0v) is 49.3. The molecule has 0 spiro atoms. The summed E-state index contributed by atoms with van der Waals surface area (Å²) in [5.74, 6) is -0.188. The van der Waals surface area contributed by atoms with Crippen LogP contribution in [0, 0.1) is 0 Å². The first kappa shape index (κ1) is 70.5. The fourth-order valence-corrected chi connectivity index (χ4v) is 9.89. The number of allylic oxidation sites excluding steroid dienone is 7. The molecule has 0 aromatic heterocycles. The minimum atomic E-state index is -4.36. The van der Waals surface area contributed by atoms with Gasteiger partial charge >= 0.3 is 7.82 Å². The molecule has 8 nitrogen and oxygen atoms in total. The predicted molar refractivity (Wildman–Crippen MR) is 314 cm³/mol. The van der Waals surface area contributed by atoms with E-state index in [0.717, 1.165) is 44.9 Å². The molecule has 1 amide bonds. The SMILES string of the molecule is CCCCCCCCCCC/C=C\C/C=C\CCCCCCCCCCCC(=O)NC(COP(=O)(O)OCC[N+](C)(C)C)C(O)/C=C/CC/C=C/CCCCCCCCCCCCCCCCCCCCC. The summed E-state index contributed by atoms with van der Waals surface area (Å²) in [5, 5.41) is 13.9. The van der Waals surface area contributed by atoms with Gasteiger partial charge in [-0.1, -0.05) is 274 Å². The van der Waals surface area contributed by atoms with Crippen molar-refractivity contribution in [3.63, 3.8) is 0 Å². The van der Waals surface area contributed by atoms with E-state index in [1.807, 2.05) is 27.2 Å². The van der Waals surface area contributed by atoms with Crippen molar-refractivity contribution in [2.45, 2.75) is 309 Å². The van der Waals surface area contributed by atoms with Crippen LogP contribution in [0.4, 0.5) is 0 Å². The first-order valence-corrected chi connectivity index (χ1v) is 32.5. The van der Waals surface area contributed by atoms with Gasteiger partial charge < -0.3 is 19.8 Å². The quantitative estimate of drug-likeness (QED) is 0.0243. The second-order valence-electron chi connectivity index (χ2n) is 22.4. The van der Waals surface area contributed by atoms with E-state index < -0.39 is 20.0 Å². The van der Waals surface area contributed by atoms with Crippen molar-refractivity contribution in [3.8, 4) is 0 Å². The highest BCUT2D eigenvalue weighted by atomic mass is 31.2. The van der Waals surface area contributed by atoms with Crippen LogP contribution in [0.1, 0.15) is 296 Å². The number of rotatable bonds is 57. The van der Waals surface area contributed by atoms with E-state index >= 15 is 0 Å². The number of likely N-dealkylation sites (N-methyl/N-ethyl adjacent to an activating group) is 1. The van der Waals surface area contributed by atoms with Crippen molar-refractivity contribution < 1.29 is 32.9 Å². The summed E-state index contributed by atoms with van der Waals surface area (Å²) in [5.41, 5.74) is 0. The second-order valence-corrected chi connectivity index (χ2v) is 23.9. The summed E-state index contributed by atoms with van der Waals surface area (Å²) in [7, 11) is 1.56. The Hall–Kier alpha value is -1.54. The van der Waals surface area contributed by atoms with Gasteiger partial charge in [0.15, 0.2) is 0 Å². The van der Waals surface area contributed by atoms with E-state index in [0.29, 0.717) is 17.4 Å². The number of aliphatic hydroxyl groups is 1. The second kappa shape index (κ2) is 54.3. The lowest BCUT2D eigenvalue weighted by Gasteiger charge is -2.25. The Morgan fingerprint density at radius 2 is 0.806 bits per heavy atom. The smallest absolute Gasteiger partial charge is 0.387 e. The highest BCUT2D eigenvalue weighted by Crippen LogP contribution is 2.43. The lowest BCUT2D eigenvalue weighted by Crippen LogP contribution is -2.45. The molecule has 0 saturated heterocycles. The molecule has 0 bridgehead atoms. The molecular weight excluding hydrogens is 912 g/mol. The van der Waals surface area contributed by atoms with Gasteiger partial charge in [-0.15, -0.1) is 0 Å². The molecule has 0 aromatic carbocycles. The van der Waals surface area contributed by atoms with Gasteiger partial charge in [-0.25, -0.2) is 4.57 Å². The summed E-state index contributed by atoms with van der Waals surface area (Å²) in [6.45, 7) is 4.83. The number of carbonyl (C=O) groups excluding carboxylic acids is 1. The number of quaternary nitrogens is 1. The van der Waals surface area contributed by atoms with Crippen LogP contribution in [0.25, 0.3) is 0 Å². The third-order valence-electron chi connectivity index (χ3n) is 14.0. The maximum absolute atomic E-state index is 13.0. The van der Waals surface area contributed by atoms with E-state index in [9.17, 15) is 19.4 Å². The fraction of sp³-hybridized carbons (Fsp3) is 0.857. The molecule has 3 unspecified atom stereocenters. The van der Waals surface area contributed by atoms with Gasteiger partial charge in [0.25, 0.3) is 0 Å². The van der Waals surface area contributed by atoms with Crippen LogP contribution < -0.4 is 5.32 Å². The van der Waals surface area contributed by atoms with Crippen LogP contribution >= 0.6 is 7.82 Å². The Morgan fingerprint density at radius 3 is 1.19 bits per heavy atom. The molecule has 0 aliphatic carbocycles. The number of unbranched alkanes of at least 4 members (excludes halogenated alkanes) is 38. The van der Waals surface area contributed by atoms with Crippen molar-refractivity contribution in [1.82, 2.24) is 5.32 Å². The summed E-state index contributed by atoms with van der Waals surface area (Å²) in [6, 6.07) is -0.868. The number of phosphoric acid groups is 1. The molecule has 0 aliphatic rings. The van der Waals surface area contributed by atoms with Crippen molar-refractivity contribution in [3.05, 3.63) is 48.6 Å². The molecule has 72 heavy (non-hydrogen) atoms. The number of aliphatic hydroxyl groups excluding tert-OH is 1. The normalized spacial score (nSPS) is 14.2. The molecule has 424 valence electrons. The average molecular weight is 1030 g/mol. The van der Waals surface area contributed by atoms with Gasteiger partial charge in [0.05, 0.1) is 39.9 Å². The van der Waals surface area contributed by atoms with Gasteiger partial charge in [0, 0.05) is 6.42 Å². The van der Waals surface area contributed by atoms with Crippen molar-refractivity contribution in [2.75, 3.05) is 40.9 Å². The third kappa shape index (κ3) is 56.2. The highest BCUT2D eigenvalue weighted by molar-refractivity contribution is 7.47. The van der Waals surface area contributed by atoms with Gasteiger partial charge in [-0.05, 0) is 64.2 Å². The molecule has 3 N–H and O–H groups in total. The molecule has 0 radical (unpaired) electrons. The van der Waals surface area contributed by atoms with Gasteiger partial charge in [-0.2, -0.15) is 0 Å². The van der Waals surface area contributed by atoms with E-state index in [-0.39, 0.29) is 19.1 Å². The number of hydrogen-bond donors (Lipinski definition) is 3. The van der Waals surface area contributed by atoms with E-state index in [2.05, 4.69) is 55.6 Å². The van der Waals surface area contributed by atoms with Gasteiger partial charge in [0.2, 0.25) is 5.91 Å². The largest absolute Gasteiger partial charge is 0.472 e. The van der Waals surface area contributed by atoms with Crippen molar-refractivity contribution in [2.24, 2.45) is 0 Å². The van der Waals surface area contributed by atoms with Crippen LogP contribution in [-0.4, -0.2) is 73.4 Å². The molecule has 0 fully saturated rings. The lowest BCUT2D eigenvalue weighted by molar-refractivity contribution is -0.870. The molecule has 0 aliphatic heterocycles. The van der Waals surface area contributed by atoms with Crippen LogP contribution in [0.2, 0.25) is 0 Å². The molecule has 9 heteroatoms. The minimum absolute atomic E-state index is 0.0548. The zero-order valence-electron chi connectivity index (χ0n) is 48.4. The number of nitrogens with zero attached hydrogens (tertiary/aromatic N) is 1. The Bertz CT molecular complexity index is 1310. The molecule has 0 heterocycles. The topological polar surface area (TPSA) is 105 Å². The summed E-state index contributed by atoms with van der Waals surface area (Å²) >= 11 is 0. The Labute approximate surface area is 448 Å². The summed E-state index contributed by atoms with van der Waals surface area (Å²) in [4.78, 5) is 23.3. The lowest BCUT2D eigenvalue weighted by atomic mass is 10.0. The monoisotopic (exact) mass is 1030 g/mol. The summed E-state index contributed by atoms with van der Waals surface area (Å²) < 4.78 is 23.7. The highest BCUT2D eigenvalue weighted by Gasteiger charge is 2.27. The first-order chi connectivity index (χ1) is 35.0. The average Bonchev–Trinajstić information content (AvgIpc) is 3.34. The zero-order chi connectivity index (χ0) is 52.7. The number of nitrogens with one attached hydrogen (secondary N) is 1.